The first kappa shape index (κ1) is 19.3. The molecule has 0 spiro atoms. The van der Waals surface area contributed by atoms with Gasteiger partial charge in [-0.1, -0.05) is 6.08 Å². The summed E-state index contributed by atoms with van der Waals surface area (Å²) in [5, 5.41) is 13.8. The molecule has 0 aromatic carbocycles. The third-order valence-corrected chi connectivity index (χ3v) is 3.98. The molecule has 7 heteroatoms. The van der Waals surface area contributed by atoms with Crippen LogP contribution in [0.3, 0.4) is 0 Å². The number of hydrogen-bond donors (Lipinski definition) is 2. The summed E-state index contributed by atoms with van der Waals surface area (Å²) in [7, 11) is 0. The Hall–Kier alpha value is -1.73. The highest BCUT2D eigenvalue weighted by Gasteiger charge is 2.27. The highest BCUT2D eigenvalue weighted by Crippen LogP contribution is 2.16. The molecule has 7 nitrogen and oxygen atoms in total. The largest absolute Gasteiger partial charge is 0.626 e. The maximum atomic E-state index is 11.7. The monoisotopic (exact) mass is 325 g/mol. The molecule has 2 atom stereocenters. The van der Waals surface area contributed by atoms with Crippen LogP contribution in [0.15, 0.2) is 12.2 Å². The van der Waals surface area contributed by atoms with Gasteiger partial charge >= 0.3 is 5.91 Å². The lowest BCUT2D eigenvalue weighted by Gasteiger charge is -2.21. The Morgan fingerprint density at radius 3 is 2.74 bits per heavy atom. The third-order valence-electron chi connectivity index (χ3n) is 3.98. The number of carbonyl (C=O) groups excluding carboxylic acids is 3. The molecule has 3 amide bonds. The molecule has 23 heavy (non-hydrogen) atoms. The standard InChI is InChI=1S/C16H27N3O4/c1-3-7-16(22)19(23)11-6-4-5-8-14(20)17-12-18-13(2)9-10-15(18)21/h3,7,13,19H,4-6,8-12H2,1-2H3,(H,17,20)/b7-3-. The van der Waals surface area contributed by atoms with Gasteiger partial charge in [0.1, 0.15) is 0 Å². The summed E-state index contributed by atoms with van der Waals surface area (Å²) in [5.41, 5.74) is 0. The van der Waals surface area contributed by atoms with Crippen LogP contribution in [-0.4, -0.2) is 41.9 Å². The minimum Gasteiger partial charge on any atom is -0.626 e. The van der Waals surface area contributed by atoms with Crippen LogP contribution < -0.4 is 10.4 Å². The zero-order valence-corrected chi connectivity index (χ0v) is 14.0. The van der Waals surface area contributed by atoms with Gasteiger partial charge in [0.05, 0.1) is 13.2 Å². The quantitative estimate of drug-likeness (QED) is 0.358. The number of nitrogens with zero attached hydrogens (tertiary/aromatic N) is 1. The highest BCUT2D eigenvalue weighted by atomic mass is 16.5. The zero-order chi connectivity index (χ0) is 17.2. The van der Waals surface area contributed by atoms with E-state index in [-0.39, 0.29) is 36.1 Å². The average molecular weight is 325 g/mol. The number of rotatable bonds is 9. The number of carbonyl (C=O) groups is 3. The molecule has 130 valence electrons. The fourth-order valence-electron chi connectivity index (χ4n) is 2.50. The minimum absolute atomic E-state index is 0.0853. The first-order valence-corrected chi connectivity index (χ1v) is 8.21. The van der Waals surface area contributed by atoms with Crippen LogP contribution in [0.2, 0.25) is 0 Å². The maximum Gasteiger partial charge on any atom is 0.336 e. The smallest absolute Gasteiger partial charge is 0.336 e. The van der Waals surface area contributed by atoms with Crippen molar-refractivity contribution in [3.63, 3.8) is 0 Å². The molecule has 0 saturated carbocycles. The summed E-state index contributed by atoms with van der Waals surface area (Å²) in [6, 6.07) is 0.184. The van der Waals surface area contributed by atoms with Crippen molar-refractivity contribution in [3.8, 4) is 0 Å². The van der Waals surface area contributed by atoms with E-state index in [0.29, 0.717) is 25.7 Å². The van der Waals surface area contributed by atoms with Crippen molar-refractivity contribution in [1.82, 2.24) is 10.2 Å². The molecule has 2 unspecified atom stereocenters. The molecule has 2 N–H and O–H groups in total. The number of likely N-dealkylation sites (tertiary alicyclic amines) is 1. The fraction of sp³-hybridized carbons (Fsp3) is 0.688. The van der Waals surface area contributed by atoms with E-state index in [1.807, 2.05) is 6.92 Å². The lowest BCUT2D eigenvalue weighted by Crippen LogP contribution is -3.09. The van der Waals surface area contributed by atoms with Crippen LogP contribution in [0, 0.1) is 5.21 Å². The molecule has 1 fully saturated rings. The summed E-state index contributed by atoms with van der Waals surface area (Å²) >= 11 is 0. The van der Waals surface area contributed by atoms with Gasteiger partial charge in [-0.25, -0.2) is 4.79 Å². The topological polar surface area (TPSA) is 94.0 Å². The fourth-order valence-corrected chi connectivity index (χ4v) is 2.50. The molecule has 0 aliphatic carbocycles. The van der Waals surface area contributed by atoms with Crippen LogP contribution in [0.1, 0.15) is 52.4 Å². The Morgan fingerprint density at radius 1 is 1.39 bits per heavy atom. The van der Waals surface area contributed by atoms with E-state index in [1.54, 1.807) is 17.9 Å². The normalized spacial score (nSPS) is 19.3. The van der Waals surface area contributed by atoms with E-state index in [4.69, 9.17) is 0 Å². The molecule has 0 aromatic rings. The Labute approximate surface area is 137 Å². The summed E-state index contributed by atoms with van der Waals surface area (Å²) in [5.74, 6) is -0.468. The molecule has 1 saturated heterocycles. The van der Waals surface area contributed by atoms with Crippen LogP contribution >= 0.6 is 0 Å². The van der Waals surface area contributed by atoms with Gasteiger partial charge in [-0.3, -0.25) is 9.59 Å². The molecular weight excluding hydrogens is 298 g/mol. The number of hydroxylamine groups is 2. The number of unbranched alkanes of at least 4 members (excludes halogenated alkanes) is 2. The highest BCUT2D eigenvalue weighted by molar-refractivity contribution is 5.80. The third kappa shape index (κ3) is 6.92. The van der Waals surface area contributed by atoms with E-state index in [2.05, 4.69) is 5.32 Å². The number of nitrogens with one attached hydrogen (secondary N) is 2. The van der Waals surface area contributed by atoms with Crippen molar-refractivity contribution >= 4 is 17.7 Å². The van der Waals surface area contributed by atoms with Crippen molar-refractivity contribution in [3.05, 3.63) is 17.4 Å². The second kappa shape index (κ2) is 10.1. The number of amides is 3. The van der Waals surface area contributed by atoms with E-state index < -0.39 is 5.91 Å². The molecule has 1 rings (SSSR count). The average Bonchev–Trinajstić information content (AvgIpc) is 2.83. The zero-order valence-electron chi connectivity index (χ0n) is 14.0. The SMILES string of the molecule is C/C=C\C(=O)[NH+]([O-])CCCCCC(=O)NCN1C(=O)CCC1C. The Kier molecular flexibility index (Phi) is 8.50. The van der Waals surface area contributed by atoms with E-state index in [0.717, 1.165) is 12.8 Å². The first-order chi connectivity index (χ1) is 11.0. The van der Waals surface area contributed by atoms with Gasteiger partial charge < -0.3 is 20.5 Å². The number of hydrogen-bond acceptors (Lipinski definition) is 4. The molecule has 0 radical (unpaired) electrons. The van der Waals surface area contributed by atoms with E-state index in [9.17, 15) is 19.6 Å². The van der Waals surface area contributed by atoms with Gasteiger partial charge in [0.25, 0.3) is 0 Å². The second-order valence-electron chi connectivity index (χ2n) is 5.86. The van der Waals surface area contributed by atoms with Crippen molar-refractivity contribution in [1.29, 1.82) is 0 Å². The van der Waals surface area contributed by atoms with Gasteiger partial charge in [-0.2, -0.15) is 0 Å². The van der Waals surface area contributed by atoms with Gasteiger partial charge in [0.2, 0.25) is 11.8 Å². The molecule has 0 aromatic heterocycles. The van der Waals surface area contributed by atoms with Crippen molar-refractivity contribution in [2.24, 2.45) is 0 Å². The first-order valence-electron chi connectivity index (χ1n) is 8.21. The van der Waals surface area contributed by atoms with Crippen molar-refractivity contribution in [2.75, 3.05) is 13.2 Å². The molecule has 1 aliphatic heterocycles. The van der Waals surface area contributed by atoms with Gasteiger partial charge in [0, 0.05) is 25.0 Å². The van der Waals surface area contributed by atoms with Crippen molar-refractivity contribution < 1.29 is 19.4 Å². The second-order valence-corrected chi connectivity index (χ2v) is 5.86. The van der Waals surface area contributed by atoms with Gasteiger partial charge in [0.15, 0.2) is 0 Å². The van der Waals surface area contributed by atoms with E-state index >= 15 is 0 Å². The Balaban J connectivity index is 2.08. The molecule has 1 aliphatic rings. The molecular formula is C16H27N3O4. The lowest BCUT2D eigenvalue weighted by atomic mass is 10.2. The van der Waals surface area contributed by atoms with Gasteiger partial charge in [-0.15, -0.1) is 0 Å². The van der Waals surface area contributed by atoms with Crippen LogP contribution in [0.25, 0.3) is 0 Å². The van der Waals surface area contributed by atoms with Crippen LogP contribution in [0.4, 0.5) is 0 Å². The Bertz CT molecular complexity index is 451. The summed E-state index contributed by atoms with van der Waals surface area (Å²) in [6.07, 6.45) is 6.59. The van der Waals surface area contributed by atoms with E-state index in [1.165, 1.54) is 6.08 Å². The lowest BCUT2D eigenvalue weighted by molar-refractivity contribution is -0.762. The van der Waals surface area contributed by atoms with Gasteiger partial charge in [-0.05, 0) is 39.5 Å². The van der Waals surface area contributed by atoms with Crippen molar-refractivity contribution in [2.45, 2.75) is 58.4 Å². The summed E-state index contributed by atoms with van der Waals surface area (Å²) < 4.78 is 0. The number of allylic oxidation sites excluding steroid dienone is 1. The van der Waals surface area contributed by atoms with Crippen LogP contribution in [0.5, 0.6) is 0 Å². The predicted molar refractivity (Wildman–Crippen MR) is 86.0 cm³/mol. The summed E-state index contributed by atoms with van der Waals surface area (Å²) in [6.45, 7) is 4.17. The Morgan fingerprint density at radius 2 is 2.13 bits per heavy atom. The van der Waals surface area contributed by atoms with Crippen LogP contribution in [-0.2, 0) is 14.4 Å². The summed E-state index contributed by atoms with van der Waals surface area (Å²) in [4.78, 5) is 36.2. The predicted octanol–water partition coefficient (Wildman–Crippen LogP) is 0.117. The molecule has 0 bridgehead atoms. The molecule has 1 heterocycles. The number of quaternary nitrogens is 1. The maximum absolute atomic E-state index is 11.7. The minimum atomic E-state index is -0.463.